The van der Waals surface area contributed by atoms with Crippen LogP contribution < -0.4 is 5.73 Å². The molecule has 1 amide bonds. The predicted octanol–water partition coefficient (Wildman–Crippen LogP) is 0.778. The summed E-state index contributed by atoms with van der Waals surface area (Å²) in [6, 6.07) is 0.0216. The van der Waals surface area contributed by atoms with Crippen molar-refractivity contribution in [3.8, 4) is 0 Å². The third kappa shape index (κ3) is 2.76. The van der Waals surface area contributed by atoms with E-state index >= 15 is 0 Å². The fourth-order valence-corrected chi connectivity index (χ4v) is 2.90. The van der Waals surface area contributed by atoms with Crippen LogP contribution in [-0.2, 0) is 11.3 Å². The maximum absolute atomic E-state index is 12.0. The molecular weight excluding hydrogens is 236 g/mol. The van der Waals surface area contributed by atoms with Gasteiger partial charge in [0, 0.05) is 31.7 Å². The Morgan fingerprint density at radius 2 is 2.47 bits per heavy atom. The van der Waals surface area contributed by atoms with Crippen molar-refractivity contribution in [2.75, 3.05) is 26.4 Å². The van der Waals surface area contributed by atoms with E-state index < -0.39 is 0 Å². The van der Waals surface area contributed by atoms with Gasteiger partial charge in [-0.1, -0.05) is 0 Å². The zero-order chi connectivity index (χ0) is 12.4. The Bertz CT molecular complexity index is 404. The number of rotatable bonds is 3. The van der Waals surface area contributed by atoms with E-state index in [9.17, 15) is 4.79 Å². The lowest BCUT2D eigenvalue weighted by Crippen LogP contribution is -2.42. The Morgan fingerprint density at radius 3 is 3.06 bits per heavy atom. The molecule has 17 heavy (non-hydrogen) atoms. The molecule has 1 aromatic rings. The van der Waals surface area contributed by atoms with Crippen molar-refractivity contribution in [1.82, 2.24) is 14.8 Å². The number of nitrogen functional groups attached to an aromatic ring is 1. The molecule has 1 aliphatic rings. The molecule has 1 fully saturated rings. The molecule has 0 aromatic carbocycles. The van der Waals surface area contributed by atoms with Crippen LogP contribution in [0.3, 0.4) is 0 Å². The van der Waals surface area contributed by atoms with Crippen LogP contribution in [0.1, 0.15) is 17.7 Å². The lowest BCUT2D eigenvalue weighted by atomic mass is 10.2. The number of thiazole rings is 1. The van der Waals surface area contributed by atoms with Gasteiger partial charge in [-0.05, 0) is 19.4 Å². The van der Waals surface area contributed by atoms with Gasteiger partial charge in [0.05, 0.1) is 6.04 Å². The Kier molecular flexibility index (Phi) is 3.63. The van der Waals surface area contributed by atoms with Crippen molar-refractivity contribution in [3.63, 3.8) is 0 Å². The summed E-state index contributed by atoms with van der Waals surface area (Å²) in [5, 5.41) is 0.592. The summed E-state index contributed by atoms with van der Waals surface area (Å²) in [6.45, 7) is 1.75. The van der Waals surface area contributed by atoms with Gasteiger partial charge in [-0.15, -0.1) is 11.3 Å². The highest BCUT2D eigenvalue weighted by Crippen LogP contribution is 2.24. The lowest BCUT2D eigenvalue weighted by molar-refractivity contribution is -0.133. The van der Waals surface area contributed by atoms with E-state index in [1.165, 1.54) is 11.3 Å². The first-order valence-electron chi connectivity index (χ1n) is 5.73. The van der Waals surface area contributed by atoms with Gasteiger partial charge in [0.2, 0.25) is 5.91 Å². The maximum Gasteiger partial charge on any atom is 0.239 e. The number of anilines is 1. The standard InChI is InChI=1S/C11H18N4OS/c1-14(2)10(16)9-4-3-5-15(9)7-8-6-13-11(12)17-8/h6,9H,3-5,7H2,1-2H3,(H2,12,13). The van der Waals surface area contributed by atoms with Crippen LogP contribution in [0.25, 0.3) is 0 Å². The molecule has 0 bridgehead atoms. The maximum atomic E-state index is 12.0. The van der Waals surface area contributed by atoms with E-state index in [1.807, 2.05) is 14.1 Å². The molecule has 6 heteroatoms. The third-order valence-electron chi connectivity index (χ3n) is 3.02. The van der Waals surface area contributed by atoms with Gasteiger partial charge in [-0.2, -0.15) is 0 Å². The number of nitrogens with zero attached hydrogens (tertiary/aromatic N) is 3. The van der Waals surface area contributed by atoms with E-state index in [0.29, 0.717) is 5.13 Å². The molecule has 1 unspecified atom stereocenters. The average Bonchev–Trinajstić information content (AvgIpc) is 2.87. The number of carbonyl (C=O) groups excluding carboxylic acids is 1. The summed E-state index contributed by atoms with van der Waals surface area (Å²) in [6.07, 6.45) is 3.83. The Balaban J connectivity index is 2.02. The van der Waals surface area contributed by atoms with Crippen LogP contribution in [0.5, 0.6) is 0 Å². The SMILES string of the molecule is CN(C)C(=O)C1CCCN1Cc1cnc(N)s1. The van der Waals surface area contributed by atoms with Crippen LogP contribution in [0.2, 0.25) is 0 Å². The topological polar surface area (TPSA) is 62.5 Å². The summed E-state index contributed by atoms with van der Waals surface area (Å²) in [5.41, 5.74) is 5.61. The van der Waals surface area contributed by atoms with Crippen LogP contribution in [0, 0.1) is 0 Å². The van der Waals surface area contributed by atoms with Crippen LogP contribution in [0.15, 0.2) is 6.20 Å². The monoisotopic (exact) mass is 254 g/mol. The molecule has 0 radical (unpaired) electrons. The second-order valence-electron chi connectivity index (χ2n) is 4.53. The summed E-state index contributed by atoms with van der Waals surface area (Å²) >= 11 is 1.50. The number of likely N-dealkylation sites (tertiary alicyclic amines) is 1. The number of carbonyl (C=O) groups is 1. The van der Waals surface area contributed by atoms with E-state index in [0.717, 1.165) is 30.8 Å². The van der Waals surface area contributed by atoms with Crippen molar-refractivity contribution < 1.29 is 4.79 Å². The van der Waals surface area contributed by atoms with E-state index in [4.69, 9.17) is 5.73 Å². The molecule has 1 saturated heterocycles. The van der Waals surface area contributed by atoms with Crippen LogP contribution in [0.4, 0.5) is 5.13 Å². The Labute approximate surface area is 105 Å². The molecule has 2 rings (SSSR count). The van der Waals surface area contributed by atoms with Crippen molar-refractivity contribution >= 4 is 22.4 Å². The Hall–Kier alpha value is -1.14. The third-order valence-corrected chi connectivity index (χ3v) is 3.83. The summed E-state index contributed by atoms with van der Waals surface area (Å²) < 4.78 is 0. The summed E-state index contributed by atoms with van der Waals surface area (Å²) in [7, 11) is 3.62. The largest absolute Gasteiger partial charge is 0.375 e. The minimum absolute atomic E-state index is 0.0216. The molecule has 0 aliphatic carbocycles. The van der Waals surface area contributed by atoms with Gasteiger partial charge in [0.15, 0.2) is 5.13 Å². The summed E-state index contributed by atoms with van der Waals surface area (Å²) in [4.78, 5) is 21.1. The highest BCUT2D eigenvalue weighted by Gasteiger charge is 2.31. The second kappa shape index (κ2) is 5.01. The molecule has 2 N–H and O–H groups in total. The van der Waals surface area contributed by atoms with Crippen molar-refractivity contribution in [1.29, 1.82) is 0 Å². The fourth-order valence-electron chi connectivity index (χ4n) is 2.19. The smallest absolute Gasteiger partial charge is 0.239 e. The molecule has 0 saturated carbocycles. The van der Waals surface area contributed by atoms with Crippen LogP contribution in [-0.4, -0.2) is 47.4 Å². The second-order valence-corrected chi connectivity index (χ2v) is 5.67. The van der Waals surface area contributed by atoms with Gasteiger partial charge < -0.3 is 10.6 Å². The van der Waals surface area contributed by atoms with Crippen molar-refractivity contribution in [2.45, 2.75) is 25.4 Å². The highest BCUT2D eigenvalue weighted by atomic mass is 32.1. The minimum Gasteiger partial charge on any atom is -0.375 e. The molecule has 1 aromatic heterocycles. The number of hydrogen-bond acceptors (Lipinski definition) is 5. The quantitative estimate of drug-likeness (QED) is 0.866. The number of hydrogen-bond donors (Lipinski definition) is 1. The van der Waals surface area contributed by atoms with Crippen molar-refractivity contribution in [2.24, 2.45) is 0 Å². The van der Waals surface area contributed by atoms with Gasteiger partial charge in [0.1, 0.15) is 0 Å². The predicted molar refractivity (Wildman–Crippen MR) is 68.7 cm³/mol. The lowest BCUT2D eigenvalue weighted by Gasteiger charge is -2.25. The van der Waals surface area contributed by atoms with E-state index in [-0.39, 0.29) is 11.9 Å². The van der Waals surface area contributed by atoms with Crippen molar-refractivity contribution in [3.05, 3.63) is 11.1 Å². The zero-order valence-corrected chi connectivity index (χ0v) is 11.0. The van der Waals surface area contributed by atoms with E-state index in [2.05, 4.69) is 9.88 Å². The average molecular weight is 254 g/mol. The minimum atomic E-state index is 0.0216. The number of amides is 1. The molecule has 0 spiro atoms. The van der Waals surface area contributed by atoms with Gasteiger partial charge in [-0.3, -0.25) is 9.69 Å². The van der Waals surface area contributed by atoms with Gasteiger partial charge in [0.25, 0.3) is 0 Å². The number of likely N-dealkylation sites (N-methyl/N-ethyl adjacent to an activating group) is 1. The molecular formula is C11H18N4OS. The number of aromatic nitrogens is 1. The first-order chi connectivity index (χ1) is 8.08. The number of nitrogens with two attached hydrogens (primary N) is 1. The van der Waals surface area contributed by atoms with Crippen LogP contribution >= 0.6 is 11.3 Å². The zero-order valence-electron chi connectivity index (χ0n) is 10.2. The normalized spacial score (nSPS) is 20.7. The molecule has 1 aliphatic heterocycles. The molecule has 1 atom stereocenters. The first kappa shape index (κ1) is 12.3. The molecule has 94 valence electrons. The molecule has 5 nitrogen and oxygen atoms in total. The van der Waals surface area contributed by atoms with Gasteiger partial charge >= 0.3 is 0 Å². The summed E-state index contributed by atoms with van der Waals surface area (Å²) in [5.74, 6) is 0.194. The Morgan fingerprint density at radius 1 is 1.71 bits per heavy atom. The molecule has 2 heterocycles. The first-order valence-corrected chi connectivity index (χ1v) is 6.55. The van der Waals surface area contributed by atoms with E-state index in [1.54, 1.807) is 11.1 Å². The van der Waals surface area contributed by atoms with Gasteiger partial charge in [-0.25, -0.2) is 4.98 Å². The fraction of sp³-hybridized carbons (Fsp3) is 0.636. The highest BCUT2D eigenvalue weighted by molar-refractivity contribution is 7.15.